The minimum Gasteiger partial charge on any atom is -0.493 e. The van der Waals surface area contributed by atoms with Gasteiger partial charge in [0.2, 0.25) is 0 Å². The molecule has 4 heteroatoms. The van der Waals surface area contributed by atoms with E-state index in [2.05, 4.69) is 51.2 Å². The van der Waals surface area contributed by atoms with Gasteiger partial charge in [-0.3, -0.25) is 9.88 Å². The molecule has 0 radical (unpaired) electrons. The van der Waals surface area contributed by atoms with E-state index in [0.717, 1.165) is 57.9 Å². The molecule has 4 nitrogen and oxygen atoms in total. The van der Waals surface area contributed by atoms with Gasteiger partial charge in [-0.1, -0.05) is 24.3 Å². The summed E-state index contributed by atoms with van der Waals surface area (Å²) in [6, 6.07) is 14.7. The predicted molar refractivity (Wildman–Crippen MR) is 99.7 cm³/mol. The molecule has 0 bridgehead atoms. The largest absolute Gasteiger partial charge is 0.493 e. The number of piperazine rings is 1. The average Bonchev–Trinajstić information content (AvgIpc) is 2.86. The predicted octanol–water partition coefficient (Wildman–Crippen LogP) is 2.84. The summed E-state index contributed by atoms with van der Waals surface area (Å²) in [6.07, 6.45) is 4.19. The molecule has 0 spiro atoms. The molecule has 0 aliphatic carbocycles. The molecule has 0 amide bonds. The fourth-order valence-electron chi connectivity index (χ4n) is 3.93. The van der Waals surface area contributed by atoms with E-state index >= 15 is 0 Å². The van der Waals surface area contributed by atoms with Gasteiger partial charge in [0.05, 0.1) is 12.3 Å². The third-order valence-electron chi connectivity index (χ3n) is 5.36. The van der Waals surface area contributed by atoms with Gasteiger partial charge >= 0.3 is 0 Å². The van der Waals surface area contributed by atoms with Crippen LogP contribution in [-0.4, -0.2) is 54.1 Å². The van der Waals surface area contributed by atoms with Crippen molar-refractivity contribution in [1.29, 1.82) is 0 Å². The maximum atomic E-state index is 5.92. The zero-order chi connectivity index (χ0) is 16.9. The van der Waals surface area contributed by atoms with E-state index in [4.69, 9.17) is 4.74 Å². The van der Waals surface area contributed by atoms with Crippen molar-refractivity contribution >= 4 is 0 Å². The quantitative estimate of drug-likeness (QED) is 0.858. The maximum absolute atomic E-state index is 5.92. The number of nitrogens with zero attached hydrogens (tertiary/aromatic N) is 3. The standard InChI is InChI=1S/C21H27N3O/c1-2-7-21-19(5-1)15-18(8-14-25-21)16-23-10-12-24(13-11-23)17-20-6-3-4-9-22-20/h1-7,9,18H,8,10-17H2/t18-/m0/s1. The van der Waals surface area contributed by atoms with E-state index in [1.54, 1.807) is 0 Å². The highest BCUT2D eigenvalue weighted by molar-refractivity contribution is 5.34. The molecule has 1 atom stereocenters. The van der Waals surface area contributed by atoms with Gasteiger partial charge in [-0.05, 0) is 42.5 Å². The molecule has 1 aromatic carbocycles. The number of rotatable bonds is 4. The summed E-state index contributed by atoms with van der Waals surface area (Å²) in [5.41, 5.74) is 2.55. The fourth-order valence-corrected chi connectivity index (χ4v) is 3.93. The molecule has 2 aliphatic rings. The third-order valence-corrected chi connectivity index (χ3v) is 5.36. The lowest BCUT2D eigenvalue weighted by atomic mass is 9.96. The normalized spacial score (nSPS) is 22.0. The van der Waals surface area contributed by atoms with Crippen molar-refractivity contribution in [2.45, 2.75) is 19.4 Å². The molecule has 2 aliphatic heterocycles. The lowest BCUT2D eigenvalue weighted by Crippen LogP contribution is -2.47. The van der Waals surface area contributed by atoms with Crippen LogP contribution in [0.4, 0.5) is 0 Å². The Balaban J connectivity index is 1.27. The van der Waals surface area contributed by atoms with Crippen LogP contribution < -0.4 is 4.74 Å². The van der Waals surface area contributed by atoms with E-state index in [9.17, 15) is 0 Å². The average molecular weight is 337 g/mol. The second kappa shape index (κ2) is 7.98. The van der Waals surface area contributed by atoms with Gasteiger partial charge in [0.25, 0.3) is 0 Å². The SMILES string of the molecule is c1ccc(CN2CCN(C[C@H]3CCOc4ccccc4C3)CC2)nc1. The minimum absolute atomic E-state index is 0.700. The molecule has 0 saturated carbocycles. The van der Waals surface area contributed by atoms with Crippen molar-refractivity contribution < 1.29 is 4.74 Å². The number of benzene rings is 1. The molecular formula is C21H27N3O. The first-order valence-electron chi connectivity index (χ1n) is 9.42. The van der Waals surface area contributed by atoms with Gasteiger partial charge in [0.15, 0.2) is 0 Å². The Morgan fingerprint density at radius 1 is 0.960 bits per heavy atom. The number of aromatic nitrogens is 1. The topological polar surface area (TPSA) is 28.6 Å². The van der Waals surface area contributed by atoms with Gasteiger partial charge < -0.3 is 9.64 Å². The summed E-state index contributed by atoms with van der Waals surface area (Å²) < 4.78 is 5.92. The van der Waals surface area contributed by atoms with Crippen LogP contribution in [0.2, 0.25) is 0 Å². The molecule has 2 aromatic rings. The Morgan fingerprint density at radius 2 is 1.76 bits per heavy atom. The van der Waals surface area contributed by atoms with Gasteiger partial charge in [0.1, 0.15) is 5.75 Å². The minimum atomic E-state index is 0.700. The molecular weight excluding hydrogens is 310 g/mol. The summed E-state index contributed by atoms with van der Waals surface area (Å²) in [4.78, 5) is 9.60. The van der Waals surface area contributed by atoms with Crippen molar-refractivity contribution in [2.24, 2.45) is 5.92 Å². The summed E-state index contributed by atoms with van der Waals surface area (Å²) in [6.45, 7) is 7.60. The van der Waals surface area contributed by atoms with Gasteiger partial charge in [-0.15, -0.1) is 0 Å². The molecule has 0 unspecified atom stereocenters. The molecule has 25 heavy (non-hydrogen) atoms. The number of para-hydroxylation sites is 1. The summed E-state index contributed by atoms with van der Waals surface area (Å²) in [5, 5.41) is 0. The van der Waals surface area contributed by atoms with Crippen molar-refractivity contribution in [1.82, 2.24) is 14.8 Å². The molecule has 1 fully saturated rings. The van der Waals surface area contributed by atoms with Gasteiger partial charge in [-0.25, -0.2) is 0 Å². The summed E-state index contributed by atoms with van der Waals surface area (Å²) in [5.74, 6) is 1.79. The van der Waals surface area contributed by atoms with Crippen LogP contribution in [-0.2, 0) is 13.0 Å². The highest BCUT2D eigenvalue weighted by Gasteiger charge is 2.23. The van der Waals surface area contributed by atoms with Crippen molar-refractivity contribution in [2.75, 3.05) is 39.3 Å². The smallest absolute Gasteiger partial charge is 0.122 e. The van der Waals surface area contributed by atoms with Crippen LogP contribution in [0.1, 0.15) is 17.7 Å². The first-order valence-corrected chi connectivity index (χ1v) is 9.42. The summed E-state index contributed by atoms with van der Waals surface area (Å²) in [7, 11) is 0. The van der Waals surface area contributed by atoms with E-state index in [-0.39, 0.29) is 0 Å². The van der Waals surface area contributed by atoms with E-state index in [0.29, 0.717) is 5.92 Å². The molecule has 3 heterocycles. The van der Waals surface area contributed by atoms with Crippen LogP contribution in [0.3, 0.4) is 0 Å². The third kappa shape index (κ3) is 4.39. The highest BCUT2D eigenvalue weighted by atomic mass is 16.5. The van der Waals surface area contributed by atoms with Crippen LogP contribution in [0.25, 0.3) is 0 Å². The first kappa shape index (κ1) is 16.6. The maximum Gasteiger partial charge on any atom is 0.122 e. The number of hydrogen-bond donors (Lipinski definition) is 0. The van der Waals surface area contributed by atoms with Crippen molar-refractivity contribution in [3.05, 3.63) is 59.9 Å². The molecule has 132 valence electrons. The van der Waals surface area contributed by atoms with Gasteiger partial charge in [-0.2, -0.15) is 0 Å². The Kier molecular flexibility index (Phi) is 5.28. The van der Waals surface area contributed by atoms with Crippen LogP contribution in [0.5, 0.6) is 5.75 Å². The van der Waals surface area contributed by atoms with Crippen molar-refractivity contribution in [3.8, 4) is 5.75 Å². The van der Waals surface area contributed by atoms with E-state index in [1.165, 1.54) is 17.8 Å². The monoisotopic (exact) mass is 337 g/mol. The number of pyridine rings is 1. The lowest BCUT2D eigenvalue weighted by molar-refractivity contribution is 0.109. The second-order valence-corrected chi connectivity index (χ2v) is 7.21. The Bertz CT molecular complexity index is 668. The Labute approximate surface area is 150 Å². The molecule has 1 saturated heterocycles. The van der Waals surface area contributed by atoms with Crippen molar-refractivity contribution in [3.63, 3.8) is 0 Å². The zero-order valence-corrected chi connectivity index (χ0v) is 14.8. The Morgan fingerprint density at radius 3 is 2.60 bits per heavy atom. The molecule has 0 N–H and O–H groups in total. The van der Waals surface area contributed by atoms with E-state index < -0.39 is 0 Å². The molecule has 4 rings (SSSR count). The van der Waals surface area contributed by atoms with Crippen LogP contribution >= 0.6 is 0 Å². The fraction of sp³-hybridized carbons (Fsp3) is 0.476. The summed E-state index contributed by atoms with van der Waals surface area (Å²) >= 11 is 0. The van der Waals surface area contributed by atoms with Crippen LogP contribution in [0.15, 0.2) is 48.7 Å². The van der Waals surface area contributed by atoms with E-state index in [1.807, 2.05) is 12.3 Å². The second-order valence-electron chi connectivity index (χ2n) is 7.21. The van der Waals surface area contributed by atoms with Crippen LogP contribution in [0, 0.1) is 5.92 Å². The number of ether oxygens (including phenoxy) is 1. The number of hydrogen-bond acceptors (Lipinski definition) is 4. The number of fused-ring (bicyclic) bond motifs is 1. The zero-order valence-electron chi connectivity index (χ0n) is 14.8. The highest BCUT2D eigenvalue weighted by Crippen LogP contribution is 2.27. The van der Waals surface area contributed by atoms with Gasteiger partial charge in [0, 0.05) is 45.5 Å². The molecule has 1 aromatic heterocycles. The lowest BCUT2D eigenvalue weighted by Gasteiger charge is -2.36. The first-order chi connectivity index (χ1) is 12.4. The Hall–Kier alpha value is -1.91.